The van der Waals surface area contributed by atoms with E-state index < -0.39 is 0 Å². The predicted molar refractivity (Wildman–Crippen MR) is 101 cm³/mol. The van der Waals surface area contributed by atoms with Crippen molar-refractivity contribution in [1.29, 1.82) is 0 Å². The van der Waals surface area contributed by atoms with Crippen LogP contribution in [0.3, 0.4) is 0 Å². The van der Waals surface area contributed by atoms with Gasteiger partial charge in [-0.3, -0.25) is 9.89 Å². The second-order valence-electron chi connectivity index (χ2n) is 5.94. The van der Waals surface area contributed by atoms with Gasteiger partial charge in [-0.05, 0) is 49.4 Å². The summed E-state index contributed by atoms with van der Waals surface area (Å²) in [7, 11) is 0. The van der Waals surface area contributed by atoms with E-state index in [9.17, 15) is 4.79 Å². The fraction of sp³-hybridized carbons (Fsp3) is 0.200. The lowest BCUT2D eigenvalue weighted by molar-refractivity contribution is 0.102. The molecule has 0 spiro atoms. The van der Waals surface area contributed by atoms with Gasteiger partial charge in [0.15, 0.2) is 11.5 Å². The molecule has 0 radical (unpaired) electrons. The summed E-state index contributed by atoms with van der Waals surface area (Å²) in [6.45, 7) is 3.58. The van der Waals surface area contributed by atoms with Crippen LogP contribution in [0.25, 0.3) is 11.3 Å². The Bertz CT molecular complexity index is 950. The zero-order chi connectivity index (χ0) is 18.6. The Kier molecular flexibility index (Phi) is 4.65. The van der Waals surface area contributed by atoms with Crippen LogP contribution in [0.5, 0.6) is 17.2 Å². The van der Waals surface area contributed by atoms with E-state index in [-0.39, 0.29) is 5.91 Å². The summed E-state index contributed by atoms with van der Waals surface area (Å²) in [5.41, 5.74) is 2.58. The fourth-order valence-electron chi connectivity index (χ4n) is 2.79. The van der Waals surface area contributed by atoms with Crippen LogP contribution in [0, 0.1) is 0 Å². The number of amides is 1. The molecule has 2 heterocycles. The summed E-state index contributed by atoms with van der Waals surface area (Å²) in [6.07, 6.45) is 0. The number of carbonyl (C=O) groups excluding carboxylic acids is 1. The van der Waals surface area contributed by atoms with Crippen LogP contribution in [-0.2, 0) is 0 Å². The van der Waals surface area contributed by atoms with E-state index in [0.29, 0.717) is 48.4 Å². The van der Waals surface area contributed by atoms with Crippen LogP contribution < -0.4 is 19.5 Å². The largest absolute Gasteiger partial charge is 0.494 e. The van der Waals surface area contributed by atoms with Crippen LogP contribution in [0.15, 0.2) is 48.5 Å². The Morgan fingerprint density at radius 3 is 2.67 bits per heavy atom. The van der Waals surface area contributed by atoms with Crippen molar-refractivity contribution in [1.82, 2.24) is 10.2 Å². The van der Waals surface area contributed by atoms with Crippen molar-refractivity contribution < 1.29 is 19.0 Å². The molecule has 0 unspecified atom stereocenters. The summed E-state index contributed by atoms with van der Waals surface area (Å²) in [4.78, 5) is 12.5. The molecular formula is C20H19N3O4. The van der Waals surface area contributed by atoms with Gasteiger partial charge in [0.05, 0.1) is 12.3 Å². The number of carbonyl (C=O) groups is 1. The molecule has 0 atom stereocenters. The van der Waals surface area contributed by atoms with E-state index in [4.69, 9.17) is 14.2 Å². The second kappa shape index (κ2) is 7.41. The number of anilines is 1. The van der Waals surface area contributed by atoms with Gasteiger partial charge in [0.1, 0.15) is 24.7 Å². The first-order valence-electron chi connectivity index (χ1n) is 8.72. The maximum Gasteiger partial charge on any atom is 0.273 e. The molecule has 0 fully saturated rings. The minimum Gasteiger partial charge on any atom is -0.494 e. The number of H-pyrrole nitrogens is 1. The number of nitrogens with one attached hydrogen (secondary N) is 2. The average Bonchev–Trinajstić information content (AvgIpc) is 3.19. The van der Waals surface area contributed by atoms with Crippen molar-refractivity contribution >= 4 is 11.6 Å². The van der Waals surface area contributed by atoms with Gasteiger partial charge in [0, 0.05) is 17.3 Å². The van der Waals surface area contributed by atoms with Crippen LogP contribution >= 0.6 is 0 Å². The molecule has 1 amide bonds. The van der Waals surface area contributed by atoms with Gasteiger partial charge in [0.25, 0.3) is 5.91 Å². The maximum atomic E-state index is 12.5. The number of aromatic amines is 1. The van der Waals surface area contributed by atoms with Crippen LogP contribution in [0.1, 0.15) is 17.4 Å². The van der Waals surface area contributed by atoms with Crippen molar-refractivity contribution in [3.8, 4) is 28.5 Å². The molecule has 0 saturated carbocycles. The first-order chi connectivity index (χ1) is 13.2. The molecule has 0 saturated heterocycles. The predicted octanol–water partition coefficient (Wildman–Crippen LogP) is 3.50. The number of hydrogen-bond acceptors (Lipinski definition) is 5. The van der Waals surface area contributed by atoms with Crippen LogP contribution in [0.4, 0.5) is 5.69 Å². The highest BCUT2D eigenvalue weighted by molar-refractivity contribution is 6.03. The Balaban J connectivity index is 1.47. The minimum atomic E-state index is -0.281. The van der Waals surface area contributed by atoms with Gasteiger partial charge in [-0.15, -0.1) is 0 Å². The van der Waals surface area contributed by atoms with Crippen molar-refractivity contribution in [2.45, 2.75) is 6.92 Å². The number of hydrogen-bond donors (Lipinski definition) is 2. The standard InChI is InChI=1S/C20H19N3O4/c1-2-25-15-6-3-13(4-7-15)16-12-17(23-22-16)20(24)21-14-5-8-18-19(11-14)27-10-9-26-18/h3-8,11-12H,2,9-10H2,1H3,(H,21,24)(H,22,23). The molecule has 1 aliphatic rings. The molecule has 7 heteroatoms. The molecule has 0 bridgehead atoms. The quantitative estimate of drug-likeness (QED) is 0.723. The first-order valence-corrected chi connectivity index (χ1v) is 8.72. The summed E-state index contributed by atoms with van der Waals surface area (Å²) in [6, 6.07) is 14.6. The zero-order valence-electron chi connectivity index (χ0n) is 14.8. The minimum absolute atomic E-state index is 0.281. The van der Waals surface area contributed by atoms with Gasteiger partial charge in [-0.25, -0.2) is 0 Å². The number of fused-ring (bicyclic) bond motifs is 1. The third-order valence-electron chi connectivity index (χ3n) is 4.08. The highest BCUT2D eigenvalue weighted by atomic mass is 16.6. The van der Waals surface area contributed by atoms with Crippen molar-refractivity contribution in [3.05, 3.63) is 54.2 Å². The average molecular weight is 365 g/mol. The molecule has 138 valence electrons. The van der Waals surface area contributed by atoms with E-state index >= 15 is 0 Å². The summed E-state index contributed by atoms with van der Waals surface area (Å²) < 4.78 is 16.4. The van der Waals surface area contributed by atoms with E-state index in [0.717, 1.165) is 11.3 Å². The third-order valence-corrected chi connectivity index (χ3v) is 4.08. The van der Waals surface area contributed by atoms with Gasteiger partial charge >= 0.3 is 0 Å². The normalized spacial score (nSPS) is 12.5. The monoisotopic (exact) mass is 365 g/mol. The lowest BCUT2D eigenvalue weighted by Crippen LogP contribution is -2.16. The lowest BCUT2D eigenvalue weighted by Gasteiger charge is -2.18. The van der Waals surface area contributed by atoms with Crippen LogP contribution in [-0.4, -0.2) is 35.9 Å². The molecular weight excluding hydrogens is 346 g/mol. The van der Waals surface area contributed by atoms with Gasteiger partial charge < -0.3 is 19.5 Å². The third kappa shape index (κ3) is 3.72. The topological polar surface area (TPSA) is 85.5 Å². The Morgan fingerprint density at radius 1 is 1.11 bits per heavy atom. The van der Waals surface area contributed by atoms with Crippen molar-refractivity contribution in [2.75, 3.05) is 25.1 Å². The summed E-state index contributed by atoms with van der Waals surface area (Å²) in [5, 5.41) is 9.83. The number of ether oxygens (including phenoxy) is 3. The first kappa shape index (κ1) is 17.0. The van der Waals surface area contributed by atoms with E-state index in [2.05, 4.69) is 15.5 Å². The van der Waals surface area contributed by atoms with E-state index in [1.54, 1.807) is 24.3 Å². The Morgan fingerprint density at radius 2 is 1.89 bits per heavy atom. The van der Waals surface area contributed by atoms with E-state index in [1.165, 1.54) is 0 Å². The summed E-state index contributed by atoms with van der Waals surface area (Å²) >= 11 is 0. The molecule has 27 heavy (non-hydrogen) atoms. The molecule has 7 nitrogen and oxygen atoms in total. The number of benzene rings is 2. The Labute approximate surface area is 156 Å². The number of nitrogens with zero attached hydrogens (tertiary/aromatic N) is 1. The van der Waals surface area contributed by atoms with E-state index in [1.807, 2.05) is 31.2 Å². The molecule has 1 aromatic heterocycles. The van der Waals surface area contributed by atoms with Crippen molar-refractivity contribution in [2.24, 2.45) is 0 Å². The smallest absolute Gasteiger partial charge is 0.273 e. The zero-order valence-corrected chi connectivity index (χ0v) is 14.8. The van der Waals surface area contributed by atoms with Gasteiger partial charge in [-0.2, -0.15) is 5.10 Å². The maximum absolute atomic E-state index is 12.5. The summed E-state index contributed by atoms with van der Waals surface area (Å²) in [5.74, 6) is 1.82. The Hall–Kier alpha value is -3.48. The molecule has 3 aromatic rings. The fourth-order valence-corrected chi connectivity index (χ4v) is 2.79. The lowest BCUT2D eigenvalue weighted by atomic mass is 10.1. The highest BCUT2D eigenvalue weighted by Gasteiger charge is 2.15. The van der Waals surface area contributed by atoms with Gasteiger partial charge in [-0.1, -0.05) is 0 Å². The SMILES string of the molecule is CCOc1ccc(-c2cc(C(=O)Nc3ccc4c(c3)OCCO4)[nH]n2)cc1. The molecule has 0 aliphatic carbocycles. The van der Waals surface area contributed by atoms with Crippen LogP contribution in [0.2, 0.25) is 0 Å². The van der Waals surface area contributed by atoms with Gasteiger partial charge in [0.2, 0.25) is 0 Å². The highest BCUT2D eigenvalue weighted by Crippen LogP contribution is 2.32. The molecule has 4 rings (SSSR count). The van der Waals surface area contributed by atoms with Crippen molar-refractivity contribution in [3.63, 3.8) is 0 Å². The molecule has 1 aliphatic heterocycles. The second-order valence-corrected chi connectivity index (χ2v) is 5.94. The number of aromatic nitrogens is 2. The number of rotatable bonds is 5. The molecule has 2 N–H and O–H groups in total. The molecule has 2 aromatic carbocycles.